The second-order valence-corrected chi connectivity index (χ2v) is 7.35. The number of hydrogen-bond donors (Lipinski definition) is 1. The lowest BCUT2D eigenvalue weighted by atomic mass is 9.93. The number of carbonyl (C=O) groups is 1. The number of aryl methyl sites for hydroxylation is 1. The Kier molecular flexibility index (Phi) is 4.72. The minimum Gasteiger partial charge on any atom is -0.381 e. The van der Waals surface area contributed by atoms with Crippen LogP contribution in [0.4, 0.5) is 0 Å². The molecule has 0 spiro atoms. The summed E-state index contributed by atoms with van der Waals surface area (Å²) in [6.45, 7) is 0. The second-order valence-electron chi connectivity index (χ2n) is 7.35. The third-order valence-corrected chi connectivity index (χ3v) is 5.37. The fraction of sp³-hybridized carbons (Fsp3) is 0.579. The van der Waals surface area contributed by atoms with Crippen LogP contribution in [0.2, 0.25) is 0 Å². The van der Waals surface area contributed by atoms with Gasteiger partial charge in [-0.15, -0.1) is 0 Å². The molecule has 2 aliphatic carbocycles. The number of nitrogens with one attached hydrogen (secondary N) is 1. The van der Waals surface area contributed by atoms with Gasteiger partial charge in [0.25, 0.3) is 5.91 Å². The predicted molar refractivity (Wildman–Crippen MR) is 96.7 cm³/mol. The summed E-state index contributed by atoms with van der Waals surface area (Å²) in [7, 11) is 3.68. The van der Waals surface area contributed by atoms with Crippen molar-refractivity contribution in [2.45, 2.75) is 56.6 Å². The van der Waals surface area contributed by atoms with Crippen LogP contribution < -0.4 is 5.32 Å². The summed E-state index contributed by atoms with van der Waals surface area (Å²) in [6.07, 6.45) is 9.90. The van der Waals surface area contributed by atoms with Crippen molar-refractivity contribution in [3.63, 3.8) is 0 Å². The first-order valence-corrected chi connectivity index (χ1v) is 9.33. The van der Waals surface area contributed by atoms with Gasteiger partial charge in [-0.1, -0.05) is 0 Å². The molecule has 7 nitrogen and oxygen atoms in total. The van der Waals surface area contributed by atoms with Crippen LogP contribution in [-0.2, 0) is 11.8 Å². The number of nitrogens with zero attached hydrogens (tertiary/aromatic N) is 4. The van der Waals surface area contributed by atoms with Gasteiger partial charge >= 0.3 is 0 Å². The lowest BCUT2D eigenvalue weighted by molar-refractivity contribution is 0.0597. The number of imidazole rings is 1. The highest BCUT2D eigenvalue weighted by Crippen LogP contribution is 2.39. The maximum Gasteiger partial charge on any atom is 0.289 e. The Morgan fingerprint density at radius 3 is 2.58 bits per heavy atom. The van der Waals surface area contributed by atoms with E-state index in [1.807, 2.05) is 17.7 Å². The first-order chi connectivity index (χ1) is 12.6. The fourth-order valence-corrected chi connectivity index (χ4v) is 3.58. The lowest BCUT2D eigenvalue weighted by Gasteiger charge is -2.28. The van der Waals surface area contributed by atoms with Crippen molar-refractivity contribution in [1.82, 2.24) is 24.8 Å². The highest BCUT2D eigenvalue weighted by atomic mass is 16.5. The van der Waals surface area contributed by atoms with Crippen molar-refractivity contribution in [3.05, 3.63) is 30.1 Å². The van der Waals surface area contributed by atoms with E-state index < -0.39 is 0 Å². The summed E-state index contributed by atoms with van der Waals surface area (Å²) in [4.78, 5) is 26.0. The minimum absolute atomic E-state index is 0.169. The summed E-state index contributed by atoms with van der Waals surface area (Å²) in [5.41, 5.74) is 2.61. The summed E-state index contributed by atoms with van der Waals surface area (Å²) in [5.74, 6) is 0.532. The van der Waals surface area contributed by atoms with Gasteiger partial charge in [0.1, 0.15) is 0 Å². The zero-order valence-corrected chi connectivity index (χ0v) is 15.3. The van der Waals surface area contributed by atoms with Crippen molar-refractivity contribution < 1.29 is 9.53 Å². The largest absolute Gasteiger partial charge is 0.381 e. The van der Waals surface area contributed by atoms with Crippen LogP contribution in [0.5, 0.6) is 0 Å². The van der Waals surface area contributed by atoms with Gasteiger partial charge in [0, 0.05) is 31.8 Å². The normalized spacial score (nSPS) is 23.0. The Balaban J connectivity index is 1.54. The Morgan fingerprint density at radius 2 is 1.96 bits per heavy atom. The van der Waals surface area contributed by atoms with Crippen LogP contribution >= 0.6 is 0 Å². The molecule has 7 heteroatoms. The van der Waals surface area contributed by atoms with E-state index in [1.54, 1.807) is 19.6 Å². The molecule has 4 rings (SSSR count). The topological polar surface area (TPSA) is 81.9 Å². The standard InChI is InChI=1S/C19H25N5O2/c1-24-11-20-10-17(24)16-9-15(12-3-4-12)22-18(23-16)19(25)21-13-5-7-14(26-2)8-6-13/h9-14H,3-8H2,1-2H3,(H,21,25)/t13-,14-. The van der Waals surface area contributed by atoms with Crippen LogP contribution in [-0.4, -0.2) is 44.7 Å². The molecule has 138 valence electrons. The molecule has 2 aromatic heterocycles. The average Bonchev–Trinajstić information content (AvgIpc) is 3.43. The molecule has 0 saturated heterocycles. The van der Waals surface area contributed by atoms with Crippen molar-refractivity contribution in [2.75, 3.05) is 7.11 Å². The molecule has 2 fully saturated rings. The first kappa shape index (κ1) is 17.1. The zero-order chi connectivity index (χ0) is 18.1. The summed E-state index contributed by atoms with van der Waals surface area (Å²) in [6, 6.07) is 2.16. The fourth-order valence-electron chi connectivity index (χ4n) is 3.58. The van der Waals surface area contributed by atoms with Gasteiger partial charge in [-0.05, 0) is 44.6 Å². The van der Waals surface area contributed by atoms with Crippen LogP contribution in [0.15, 0.2) is 18.6 Å². The molecule has 0 unspecified atom stereocenters. The highest BCUT2D eigenvalue weighted by molar-refractivity contribution is 5.91. The van der Waals surface area contributed by atoms with E-state index in [1.165, 1.54) is 0 Å². The first-order valence-electron chi connectivity index (χ1n) is 9.33. The average molecular weight is 355 g/mol. The molecule has 2 heterocycles. The van der Waals surface area contributed by atoms with E-state index in [9.17, 15) is 4.79 Å². The molecule has 0 atom stereocenters. The lowest BCUT2D eigenvalue weighted by Crippen LogP contribution is -2.39. The highest BCUT2D eigenvalue weighted by Gasteiger charge is 2.29. The van der Waals surface area contributed by atoms with Crippen molar-refractivity contribution in [1.29, 1.82) is 0 Å². The SMILES string of the molecule is CO[C@H]1CC[C@H](NC(=O)c2nc(-c3cncn3C)cc(C3CC3)n2)CC1. The maximum atomic E-state index is 12.8. The number of ether oxygens (including phenoxy) is 1. The number of carbonyl (C=O) groups excluding carboxylic acids is 1. The van der Waals surface area contributed by atoms with Crippen LogP contribution in [0.1, 0.15) is 60.8 Å². The van der Waals surface area contributed by atoms with Crippen molar-refractivity contribution in [2.24, 2.45) is 7.05 Å². The Morgan fingerprint density at radius 1 is 1.19 bits per heavy atom. The third-order valence-electron chi connectivity index (χ3n) is 5.37. The molecule has 0 aliphatic heterocycles. The molecule has 0 bridgehead atoms. The van der Waals surface area contributed by atoms with Gasteiger partial charge in [0.05, 0.1) is 30.0 Å². The molecule has 26 heavy (non-hydrogen) atoms. The number of methoxy groups -OCH3 is 1. The number of aromatic nitrogens is 4. The predicted octanol–water partition coefficient (Wildman–Crippen LogP) is 2.44. The van der Waals surface area contributed by atoms with Gasteiger partial charge in [-0.2, -0.15) is 0 Å². The molecule has 1 N–H and O–H groups in total. The van der Waals surface area contributed by atoms with Crippen LogP contribution in [0, 0.1) is 0 Å². The zero-order valence-electron chi connectivity index (χ0n) is 15.3. The molecule has 2 saturated carbocycles. The summed E-state index contributed by atoms with van der Waals surface area (Å²) < 4.78 is 7.31. The van der Waals surface area contributed by atoms with Gasteiger partial charge < -0.3 is 14.6 Å². The molecule has 2 aliphatic rings. The Hall–Kier alpha value is -2.28. The summed E-state index contributed by atoms with van der Waals surface area (Å²) in [5, 5.41) is 3.11. The maximum absolute atomic E-state index is 12.8. The molecule has 0 aromatic carbocycles. The van der Waals surface area contributed by atoms with Gasteiger partial charge in [-0.3, -0.25) is 4.79 Å². The van der Waals surface area contributed by atoms with E-state index >= 15 is 0 Å². The van der Waals surface area contributed by atoms with Crippen LogP contribution in [0.3, 0.4) is 0 Å². The number of amides is 1. The smallest absolute Gasteiger partial charge is 0.289 e. The minimum atomic E-state index is -0.184. The van der Waals surface area contributed by atoms with Crippen LogP contribution in [0.25, 0.3) is 11.4 Å². The third kappa shape index (κ3) is 3.62. The number of hydrogen-bond acceptors (Lipinski definition) is 5. The van der Waals surface area contributed by atoms with E-state index in [0.717, 1.165) is 55.6 Å². The second kappa shape index (κ2) is 7.15. The van der Waals surface area contributed by atoms with E-state index in [2.05, 4.69) is 20.3 Å². The molecule has 1 amide bonds. The van der Waals surface area contributed by atoms with E-state index in [0.29, 0.717) is 12.0 Å². The molecular formula is C19H25N5O2. The molecule has 0 radical (unpaired) electrons. The van der Waals surface area contributed by atoms with Gasteiger partial charge in [0.2, 0.25) is 5.82 Å². The van der Waals surface area contributed by atoms with E-state index in [4.69, 9.17) is 4.74 Å². The molecule has 2 aromatic rings. The quantitative estimate of drug-likeness (QED) is 0.891. The monoisotopic (exact) mass is 355 g/mol. The van der Waals surface area contributed by atoms with Crippen molar-refractivity contribution >= 4 is 5.91 Å². The number of rotatable bonds is 5. The Labute approximate surface area is 153 Å². The molecular weight excluding hydrogens is 330 g/mol. The van der Waals surface area contributed by atoms with Gasteiger partial charge in [0.15, 0.2) is 0 Å². The van der Waals surface area contributed by atoms with Gasteiger partial charge in [-0.25, -0.2) is 15.0 Å². The Bertz CT molecular complexity index is 791. The summed E-state index contributed by atoms with van der Waals surface area (Å²) >= 11 is 0. The van der Waals surface area contributed by atoms with Crippen molar-refractivity contribution in [3.8, 4) is 11.4 Å². The van der Waals surface area contributed by atoms with E-state index in [-0.39, 0.29) is 17.8 Å².